The zero-order valence-electron chi connectivity index (χ0n) is 15.1. The SMILES string of the molecule is CCCCO/C(=C\C(=O)C(F)(F)F)c1c(C)cccc1N1CCOCC1. The Hall–Kier alpha value is -2.02. The van der Waals surface area contributed by atoms with Gasteiger partial charge in [0.05, 0.1) is 19.8 Å². The molecule has 1 aliphatic rings. The lowest BCUT2D eigenvalue weighted by atomic mass is 10.0. The van der Waals surface area contributed by atoms with Crippen LogP contribution in [0, 0.1) is 6.92 Å². The first-order valence-electron chi connectivity index (χ1n) is 8.73. The number of carbonyl (C=O) groups is 1. The van der Waals surface area contributed by atoms with Crippen molar-refractivity contribution in [2.24, 2.45) is 0 Å². The van der Waals surface area contributed by atoms with Gasteiger partial charge in [0, 0.05) is 30.4 Å². The number of hydrogen-bond donors (Lipinski definition) is 0. The van der Waals surface area contributed by atoms with Crippen molar-refractivity contribution in [1.82, 2.24) is 0 Å². The highest BCUT2D eigenvalue weighted by Crippen LogP contribution is 2.33. The molecule has 0 aliphatic carbocycles. The van der Waals surface area contributed by atoms with Crippen molar-refractivity contribution in [3.8, 4) is 0 Å². The molecule has 1 aromatic carbocycles. The molecular formula is C19H24F3NO3. The minimum Gasteiger partial charge on any atom is -0.493 e. The van der Waals surface area contributed by atoms with Crippen molar-refractivity contribution < 1.29 is 27.4 Å². The fourth-order valence-corrected chi connectivity index (χ4v) is 2.75. The van der Waals surface area contributed by atoms with Gasteiger partial charge in [-0.1, -0.05) is 25.5 Å². The van der Waals surface area contributed by atoms with Crippen LogP contribution in [0.1, 0.15) is 30.9 Å². The lowest BCUT2D eigenvalue weighted by molar-refractivity contribution is -0.165. The summed E-state index contributed by atoms with van der Waals surface area (Å²) < 4.78 is 49.4. The van der Waals surface area contributed by atoms with Gasteiger partial charge in [-0.3, -0.25) is 4.79 Å². The van der Waals surface area contributed by atoms with E-state index in [1.165, 1.54) is 0 Å². The van der Waals surface area contributed by atoms with E-state index in [4.69, 9.17) is 9.47 Å². The van der Waals surface area contributed by atoms with E-state index in [0.29, 0.717) is 44.4 Å². The molecule has 0 spiro atoms. The summed E-state index contributed by atoms with van der Waals surface area (Å²) in [4.78, 5) is 13.6. The predicted octanol–water partition coefficient (Wildman–Crippen LogP) is 4.12. The lowest BCUT2D eigenvalue weighted by Gasteiger charge is -2.31. The number of unbranched alkanes of at least 4 members (excludes halogenated alkanes) is 1. The molecule has 0 unspecified atom stereocenters. The topological polar surface area (TPSA) is 38.8 Å². The van der Waals surface area contributed by atoms with Crippen LogP contribution in [-0.4, -0.2) is 44.9 Å². The first kappa shape index (κ1) is 20.3. The maximum atomic E-state index is 12.8. The zero-order chi connectivity index (χ0) is 19.2. The third-order valence-electron chi connectivity index (χ3n) is 4.15. The minimum absolute atomic E-state index is 0.0274. The summed E-state index contributed by atoms with van der Waals surface area (Å²) in [6.07, 6.45) is -2.83. The van der Waals surface area contributed by atoms with Gasteiger partial charge in [-0.05, 0) is 25.0 Å². The fraction of sp³-hybridized carbons (Fsp3) is 0.526. The number of halogens is 3. The summed E-state index contributed by atoms with van der Waals surface area (Å²) in [5.41, 5.74) is 2.04. The van der Waals surface area contributed by atoms with E-state index in [-0.39, 0.29) is 12.4 Å². The Morgan fingerprint density at radius 3 is 2.62 bits per heavy atom. The van der Waals surface area contributed by atoms with E-state index < -0.39 is 12.0 Å². The average molecular weight is 371 g/mol. The molecule has 1 fully saturated rings. The smallest absolute Gasteiger partial charge is 0.454 e. The quantitative estimate of drug-likeness (QED) is 0.411. The van der Waals surface area contributed by atoms with Crippen molar-refractivity contribution in [1.29, 1.82) is 0 Å². The van der Waals surface area contributed by atoms with Crippen LogP contribution in [0.2, 0.25) is 0 Å². The molecule has 0 atom stereocenters. The molecule has 1 aromatic rings. The van der Waals surface area contributed by atoms with Gasteiger partial charge in [0.1, 0.15) is 5.76 Å². The van der Waals surface area contributed by atoms with Gasteiger partial charge >= 0.3 is 6.18 Å². The highest BCUT2D eigenvalue weighted by molar-refractivity contribution is 6.00. The second-order valence-corrected chi connectivity index (χ2v) is 6.14. The van der Waals surface area contributed by atoms with Gasteiger partial charge in [0.2, 0.25) is 0 Å². The van der Waals surface area contributed by atoms with Crippen molar-refractivity contribution in [3.05, 3.63) is 35.4 Å². The van der Waals surface area contributed by atoms with Crippen LogP contribution in [0.3, 0.4) is 0 Å². The number of anilines is 1. The van der Waals surface area contributed by atoms with Gasteiger partial charge in [-0.25, -0.2) is 0 Å². The van der Waals surface area contributed by atoms with E-state index in [0.717, 1.165) is 17.7 Å². The number of alkyl halides is 3. The summed E-state index contributed by atoms with van der Waals surface area (Å²) in [5, 5.41) is 0. The molecule has 0 N–H and O–H groups in total. The minimum atomic E-state index is -4.93. The van der Waals surface area contributed by atoms with E-state index in [2.05, 4.69) is 0 Å². The second kappa shape index (κ2) is 9.07. The van der Waals surface area contributed by atoms with Gasteiger partial charge < -0.3 is 14.4 Å². The Bertz CT molecular complexity index is 650. The molecule has 1 heterocycles. The standard InChI is InChI=1S/C19H24F3NO3/c1-3-4-10-26-16(13-17(24)19(20,21)22)18-14(2)6-5-7-15(18)23-8-11-25-12-9-23/h5-7,13H,3-4,8-12H2,1-2H3/b16-13-. The van der Waals surface area contributed by atoms with E-state index in [1.54, 1.807) is 13.0 Å². The zero-order valence-corrected chi connectivity index (χ0v) is 15.1. The Kier molecular flexibility index (Phi) is 7.08. The van der Waals surface area contributed by atoms with Crippen LogP contribution in [0.15, 0.2) is 24.3 Å². The van der Waals surface area contributed by atoms with Crippen molar-refractivity contribution >= 4 is 17.2 Å². The maximum Gasteiger partial charge on any atom is 0.454 e. The van der Waals surface area contributed by atoms with E-state index in [1.807, 2.05) is 24.0 Å². The number of ether oxygens (including phenoxy) is 2. The molecule has 0 bridgehead atoms. The molecule has 0 radical (unpaired) electrons. The van der Waals surface area contributed by atoms with Crippen LogP contribution >= 0.6 is 0 Å². The van der Waals surface area contributed by atoms with Gasteiger partial charge in [-0.15, -0.1) is 0 Å². The van der Waals surface area contributed by atoms with Gasteiger partial charge in [0.15, 0.2) is 0 Å². The highest BCUT2D eigenvalue weighted by atomic mass is 19.4. The monoisotopic (exact) mass is 371 g/mol. The first-order chi connectivity index (χ1) is 12.3. The summed E-state index contributed by atoms with van der Waals surface area (Å²) >= 11 is 0. The number of ketones is 1. The number of rotatable bonds is 7. The number of nitrogens with zero attached hydrogens (tertiary/aromatic N) is 1. The van der Waals surface area contributed by atoms with Crippen LogP contribution in [0.5, 0.6) is 0 Å². The molecule has 2 rings (SSSR count). The Labute approximate surface area is 151 Å². The van der Waals surface area contributed by atoms with Crippen molar-refractivity contribution in [3.63, 3.8) is 0 Å². The number of carbonyl (C=O) groups excluding carboxylic acids is 1. The summed E-state index contributed by atoms with van der Waals surface area (Å²) in [6.45, 7) is 6.37. The molecule has 1 saturated heterocycles. The van der Waals surface area contributed by atoms with Crippen molar-refractivity contribution in [2.75, 3.05) is 37.8 Å². The van der Waals surface area contributed by atoms with Gasteiger partial charge in [-0.2, -0.15) is 13.2 Å². The molecule has 4 nitrogen and oxygen atoms in total. The lowest BCUT2D eigenvalue weighted by Crippen LogP contribution is -2.37. The second-order valence-electron chi connectivity index (χ2n) is 6.14. The third kappa shape index (κ3) is 5.24. The predicted molar refractivity (Wildman–Crippen MR) is 94.1 cm³/mol. The molecule has 144 valence electrons. The van der Waals surface area contributed by atoms with Crippen LogP contribution < -0.4 is 4.90 Å². The van der Waals surface area contributed by atoms with Crippen LogP contribution in [0.25, 0.3) is 5.76 Å². The summed E-state index contributed by atoms with van der Waals surface area (Å²) in [7, 11) is 0. The Balaban J connectivity index is 2.45. The normalized spacial score (nSPS) is 15.9. The maximum absolute atomic E-state index is 12.8. The molecule has 0 saturated carbocycles. The molecule has 0 amide bonds. The summed E-state index contributed by atoms with van der Waals surface area (Å²) in [6, 6.07) is 5.48. The number of benzene rings is 1. The molecule has 26 heavy (non-hydrogen) atoms. The molecule has 7 heteroatoms. The molecule has 0 aromatic heterocycles. The van der Waals surface area contributed by atoms with Crippen molar-refractivity contribution in [2.45, 2.75) is 32.9 Å². The Morgan fingerprint density at radius 2 is 2.00 bits per heavy atom. The van der Waals surface area contributed by atoms with E-state index in [9.17, 15) is 18.0 Å². The third-order valence-corrected chi connectivity index (χ3v) is 4.15. The van der Waals surface area contributed by atoms with Crippen LogP contribution in [0.4, 0.5) is 18.9 Å². The van der Waals surface area contributed by atoms with E-state index >= 15 is 0 Å². The highest BCUT2D eigenvalue weighted by Gasteiger charge is 2.37. The summed E-state index contributed by atoms with van der Waals surface area (Å²) in [5.74, 6) is -1.94. The number of aryl methyl sites for hydroxylation is 1. The van der Waals surface area contributed by atoms with Gasteiger partial charge in [0.25, 0.3) is 5.78 Å². The molecular weight excluding hydrogens is 347 g/mol. The fourth-order valence-electron chi connectivity index (χ4n) is 2.75. The van der Waals surface area contributed by atoms with Crippen LogP contribution in [-0.2, 0) is 14.3 Å². The average Bonchev–Trinajstić information content (AvgIpc) is 2.61. The number of allylic oxidation sites excluding steroid dienone is 1. The first-order valence-corrected chi connectivity index (χ1v) is 8.73. The molecule has 1 aliphatic heterocycles. The number of hydrogen-bond acceptors (Lipinski definition) is 4. The Morgan fingerprint density at radius 1 is 1.31 bits per heavy atom. The largest absolute Gasteiger partial charge is 0.493 e. The number of morpholine rings is 1.